The van der Waals surface area contributed by atoms with Gasteiger partial charge in [0.05, 0.1) is 12.0 Å². The van der Waals surface area contributed by atoms with Crippen molar-refractivity contribution in [3.63, 3.8) is 0 Å². The lowest BCUT2D eigenvalue weighted by Gasteiger charge is -2.26. The van der Waals surface area contributed by atoms with Crippen LogP contribution in [-0.4, -0.2) is 46.4 Å². The largest absolute Gasteiger partial charge is 0.480 e. The molecule has 0 aromatic carbocycles. The molecule has 6 heteroatoms. The lowest BCUT2D eigenvalue weighted by Crippen LogP contribution is -2.59. The van der Waals surface area contributed by atoms with Crippen LogP contribution in [0.3, 0.4) is 0 Å². The van der Waals surface area contributed by atoms with Gasteiger partial charge in [0, 0.05) is 0 Å². The molecule has 17 heavy (non-hydrogen) atoms. The second-order valence-electron chi connectivity index (χ2n) is 4.94. The predicted molar refractivity (Wildman–Crippen MR) is 58.5 cm³/mol. The molecule has 1 atom stereocenters. The van der Waals surface area contributed by atoms with Crippen molar-refractivity contribution in [3.8, 4) is 0 Å². The van der Waals surface area contributed by atoms with Crippen molar-refractivity contribution in [2.75, 3.05) is 13.2 Å². The second-order valence-corrected chi connectivity index (χ2v) is 4.94. The Morgan fingerprint density at radius 1 is 1.35 bits per heavy atom. The highest BCUT2D eigenvalue weighted by Crippen LogP contribution is 2.26. The normalized spacial score (nSPS) is 24.6. The topological polar surface area (TPSA) is 104 Å². The van der Waals surface area contributed by atoms with E-state index in [4.69, 9.17) is 10.2 Å². The van der Waals surface area contributed by atoms with Gasteiger partial charge in [-0.05, 0) is 19.4 Å². The average molecular weight is 243 g/mol. The van der Waals surface area contributed by atoms with Crippen molar-refractivity contribution in [2.24, 2.45) is 5.41 Å². The first-order chi connectivity index (χ1) is 7.78. The minimum absolute atomic E-state index is 0.106. The summed E-state index contributed by atoms with van der Waals surface area (Å²) in [5.41, 5.74) is -3.05. The van der Waals surface area contributed by atoms with Gasteiger partial charge in [0.25, 0.3) is 0 Å². The second kappa shape index (κ2) is 4.54. The Kier molecular flexibility index (Phi) is 3.68. The SMILES string of the molecule is CC(C)(CO)C(=O)C(=O)[C@]1(C(=O)O)CCCN1. The summed E-state index contributed by atoms with van der Waals surface area (Å²) in [6.07, 6.45) is 0.638. The first-order valence-electron chi connectivity index (χ1n) is 5.46. The number of carboxylic acid groups (broad SMARTS) is 1. The molecule has 0 bridgehead atoms. The minimum atomic E-state index is -1.80. The maximum atomic E-state index is 12.0. The Hall–Kier alpha value is -1.27. The molecule has 0 amide bonds. The summed E-state index contributed by atoms with van der Waals surface area (Å²) in [7, 11) is 0. The van der Waals surface area contributed by atoms with E-state index in [0.717, 1.165) is 0 Å². The number of aliphatic hydroxyl groups excluding tert-OH is 1. The molecule has 6 nitrogen and oxygen atoms in total. The third kappa shape index (κ3) is 2.23. The van der Waals surface area contributed by atoms with Gasteiger partial charge in [-0.25, -0.2) is 4.79 Å². The summed E-state index contributed by atoms with van der Waals surface area (Å²) < 4.78 is 0. The van der Waals surface area contributed by atoms with Crippen molar-refractivity contribution >= 4 is 17.5 Å². The quantitative estimate of drug-likeness (QED) is 0.438. The molecule has 1 aliphatic rings. The Balaban J connectivity index is 3.02. The lowest BCUT2D eigenvalue weighted by molar-refractivity contribution is -0.155. The molecule has 1 rings (SSSR count). The van der Waals surface area contributed by atoms with Crippen LogP contribution in [0.5, 0.6) is 0 Å². The Morgan fingerprint density at radius 2 is 1.94 bits per heavy atom. The summed E-state index contributed by atoms with van der Waals surface area (Å²) in [5, 5.41) is 20.8. The highest BCUT2D eigenvalue weighted by atomic mass is 16.4. The van der Waals surface area contributed by atoms with E-state index in [-0.39, 0.29) is 6.42 Å². The van der Waals surface area contributed by atoms with E-state index in [1.54, 1.807) is 0 Å². The van der Waals surface area contributed by atoms with Crippen LogP contribution in [0.25, 0.3) is 0 Å². The van der Waals surface area contributed by atoms with E-state index in [9.17, 15) is 14.4 Å². The Bertz CT molecular complexity index is 355. The monoisotopic (exact) mass is 243 g/mol. The number of aliphatic carboxylic acids is 1. The molecule has 0 saturated carbocycles. The highest BCUT2D eigenvalue weighted by molar-refractivity contribution is 6.46. The molecular formula is C11H17NO5. The van der Waals surface area contributed by atoms with Crippen LogP contribution in [0.1, 0.15) is 26.7 Å². The molecule has 1 fully saturated rings. The molecule has 1 heterocycles. The molecule has 0 spiro atoms. The van der Waals surface area contributed by atoms with Gasteiger partial charge in [0.15, 0.2) is 5.54 Å². The fourth-order valence-electron chi connectivity index (χ4n) is 1.79. The number of carboxylic acids is 1. The number of hydrogen-bond donors (Lipinski definition) is 3. The molecule has 0 aliphatic carbocycles. The van der Waals surface area contributed by atoms with Gasteiger partial charge in [0.2, 0.25) is 11.6 Å². The van der Waals surface area contributed by atoms with E-state index in [2.05, 4.69) is 5.32 Å². The van der Waals surface area contributed by atoms with E-state index >= 15 is 0 Å². The molecule has 1 aliphatic heterocycles. The maximum absolute atomic E-state index is 12.0. The van der Waals surface area contributed by atoms with Crippen molar-refractivity contribution in [3.05, 3.63) is 0 Å². The van der Waals surface area contributed by atoms with E-state index < -0.39 is 35.1 Å². The summed E-state index contributed by atoms with van der Waals surface area (Å²) in [6, 6.07) is 0. The molecule has 3 N–H and O–H groups in total. The number of ketones is 2. The number of aliphatic hydroxyl groups is 1. The van der Waals surface area contributed by atoms with Crippen LogP contribution in [-0.2, 0) is 14.4 Å². The van der Waals surface area contributed by atoms with Gasteiger partial charge in [-0.3, -0.25) is 14.9 Å². The smallest absolute Gasteiger partial charge is 0.332 e. The first kappa shape index (κ1) is 13.8. The van der Waals surface area contributed by atoms with Crippen molar-refractivity contribution in [2.45, 2.75) is 32.2 Å². The van der Waals surface area contributed by atoms with Crippen LogP contribution in [0.15, 0.2) is 0 Å². The van der Waals surface area contributed by atoms with Crippen molar-refractivity contribution in [1.82, 2.24) is 5.32 Å². The standard InChI is InChI=1S/C11H17NO5/c1-10(2,6-13)7(14)8(15)11(9(16)17)4-3-5-12-11/h12-13H,3-6H2,1-2H3,(H,16,17)/t11-/m0/s1. The third-order valence-corrected chi connectivity index (χ3v) is 3.12. The number of rotatable bonds is 5. The number of Topliss-reactive ketones (excluding diaryl/α,β-unsaturated/α-hetero) is 2. The van der Waals surface area contributed by atoms with Crippen molar-refractivity contribution < 1.29 is 24.6 Å². The van der Waals surface area contributed by atoms with E-state index in [0.29, 0.717) is 13.0 Å². The van der Waals surface area contributed by atoms with Gasteiger partial charge in [-0.1, -0.05) is 13.8 Å². The average Bonchev–Trinajstić information content (AvgIpc) is 2.77. The van der Waals surface area contributed by atoms with E-state index in [1.807, 2.05) is 0 Å². The maximum Gasteiger partial charge on any atom is 0.332 e. The molecule has 0 radical (unpaired) electrons. The molecule has 96 valence electrons. The highest BCUT2D eigenvalue weighted by Gasteiger charge is 2.53. The van der Waals surface area contributed by atoms with E-state index in [1.165, 1.54) is 13.8 Å². The molecule has 0 unspecified atom stereocenters. The summed E-state index contributed by atoms with van der Waals surface area (Å²) in [5.74, 6) is -3.15. The minimum Gasteiger partial charge on any atom is -0.480 e. The van der Waals surface area contributed by atoms with Crippen LogP contribution in [0, 0.1) is 5.41 Å². The fourth-order valence-corrected chi connectivity index (χ4v) is 1.79. The molecular weight excluding hydrogens is 226 g/mol. The van der Waals surface area contributed by atoms with Crippen LogP contribution in [0.2, 0.25) is 0 Å². The summed E-state index contributed by atoms with van der Waals surface area (Å²) in [6.45, 7) is 2.73. The zero-order valence-electron chi connectivity index (χ0n) is 9.95. The number of carbonyl (C=O) groups excluding carboxylic acids is 2. The Labute approximate surface area is 99.0 Å². The van der Waals surface area contributed by atoms with Crippen LogP contribution < -0.4 is 5.32 Å². The first-order valence-corrected chi connectivity index (χ1v) is 5.46. The van der Waals surface area contributed by atoms with Gasteiger partial charge in [-0.2, -0.15) is 0 Å². The third-order valence-electron chi connectivity index (χ3n) is 3.12. The van der Waals surface area contributed by atoms with Crippen LogP contribution in [0.4, 0.5) is 0 Å². The molecule has 1 saturated heterocycles. The summed E-state index contributed by atoms with van der Waals surface area (Å²) in [4.78, 5) is 35.1. The van der Waals surface area contributed by atoms with Crippen molar-refractivity contribution in [1.29, 1.82) is 0 Å². The van der Waals surface area contributed by atoms with Gasteiger partial charge in [0.1, 0.15) is 0 Å². The fraction of sp³-hybridized carbons (Fsp3) is 0.727. The predicted octanol–water partition coefficient (Wildman–Crippen LogP) is -0.650. The van der Waals surface area contributed by atoms with Gasteiger partial charge in [-0.15, -0.1) is 0 Å². The Morgan fingerprint density at radius 3 is 2.29 bits per heavy atom. The number of nitrogens with one attached hydrogen (secondary N) is 1. The molecule has 0 aromatic rings. The number of hydrogen-bond acceptors (Lipinski definition) is 5. The summed E-state index contributed by atoms with van der Waals surface area (Å²) >= 11 is 0. The lowest BCUT2D eigenvalue weighted by atomic mass is 9.79. The number of carbonyl (C=O) groups is 3. The van der Waals surface area contributed by atoms with Gasteiger partial charge < -0.3 is 10.2 Å². The van der Waals surface area contributed by atoms with Crippen LogP contribution >= 0.6 is 0 Å². The zero-order valence-corrected chi connectivity index (χ0v) is 9.95. The van der Waals surface area contributed by atoms with Gasteiger partial charge >= 0.3 is 5.97 Å². The zero-order chi connectivity index (χ0) is 13.3. The molecule has 0 aromatic heterocycles.